The van der Waals surface area contributed by atoms with E-state index in [-0.39, 0.29) is 0 Å². The quantitative estimate of drug-likeness (QED) is 0.730. The number of hydrogen-bond donors (Lipinski definition) is 0. The molecular weight excluding hydrogens is 292 g/mol. The van der Waals surface area contributed by atoms with Crippen LogP contribution in [0.5, 0.6) is 5.88 Å². The number of hydrogen-bond acceptors (Lipinski definition) is 6. The highest BCUT2D eigenvalue weighted by atomic mass is 16.5. The first-order valence-corrected chi connectivity index (χ1v) is 7.72. The molecule has 0 saturated carbocycles. The van der Waals surface area contributed by atoms with Crippen molar-refractivity contribution in [2.24, 2.45) is 13.0 Å². The van der Waals surface area contributed by atoms with E-state index in [1.54, 1.807) is 24.8 Å². The van der Waals surface area contributed by atoms with E-state index in [1.807, 2.05) is 19.2 Å². The lowest BCUT2D eigenvalue weighted by Gasteiger charge is -2.17. The highest BCUT2D eigenvalue weighted by molar-refractivity contribution is 5.74. The van der Waals surface area contributed by atoms with Gasteiger partial charge in [0.25, 0.3) is 0 Å². The molecule has 1 aliphatic heterocycles. The smallest absolute Gasteiger partial charge is 0.232 e. The van der Waals surface area contributed by atoms with Crippen LogP contribution in [0.2, 0.25) is 0 Å². The zero-order valence-electron chi connectivity index (χ0n) is 13.0. The van der Waals surface area contributed by atoms with Crippen molar-refractivity contribution in [2.45, 2.75) is 6.42 Å². The summed E-state index contributed by atoms with van der Waals surface area (Å²) in [5.74, 6) is 2.02. The molecule has 1 fully saturated rings. The van der Waals surface area contributed by atoms with Gasteiger partial charge in [0.15, 0.2) is 5.65 Å². The lowest BCUT2D eigenvalue weighted by Crippen LogP contribution is -2.24. The van der Waals surface area contributed by atoms with Crippen LogP contribution in [0, 0.1) is 5.92 Å². The Labute approximate surface area is 134 Å². The molecule has 4 rings (SSSR count). The molecule has 0 N–H and O–H groups in total. The van der Waals surface area contributed by atoms with E-state index in [0.717, 1.165) is 36.6 Å². The SMILES string of the molecule is Cn1c(N2CCC(COc3cnccn3)C2)nc2cccnc21. The van der Waals surface area contributed by atoms with Crippen LogP contribution in [-0.4, -0.2) is 44.2 Å². The van der Waals surface area contributed by atoms with Gasteiger partial charge >= 0.3 is 0 Å². The number of ether oxygens (including phenoxy) is 1. The fraction of sp³-hybridized carbons (Fsp3) is 0.375. The van der Waals surface area contributed by atoms with Gasteiger partial charge < -0.3 is 9.64 Å². The molecule has 0 amide bonds. The van der Waals surface area contributed by atoms with Crippen molar-refractivity contribution in [3.63, 3.8) is 0 Å². The third-order valence-corrected chi connectivity index (χ3v) is 4.18. The normalized spacial score (nSPS) is 17.8. The summed E-state index contributed by atoms with van der Waals surface area (Å²) in [5, 5.41) is 0. The maximum Gasteiger partial charge on any atom is 0.232 e. The fourth-order valence-corrected chi connectivity index (χ4v) is 3.01. The molecule has 0 radical (unpaired) electrons. The largest absolute Gasteiger partial charge is 0.476 e. The van der Waals surface area contributed by atoms with Crippen molar-refractivity contribution in [2.75, 3.05) is 24.6 Å². The average Bonchev–Trinajstić information content (AvgIpc) is 3.19. The first-order valence-electron chi connectivity index (χ1n) is 7.72. The van der Waals surface area contributed by atoms with Gasteiger partial charge in [-0.25, -0.2) is 15.0 Å². The minimum absolute atomic E-state index is 0.463. The van der Waals surface area contributed by atoms with Gasteiger partial charge in [0.2, 0.25) is 11.8 Å². The molecule has 0 bridgehead atoms. The van der Waals surface area contributed by atoms with Gasteiger partial charge in [-0.3, -0.25) is 9.55 Å². The Morgan fingerprint density at radius 1 is 1.26 bits per heavy atom. The molecule has 7 nitrogen and oxygen atoms in total. The van der Waals surface area contributed by atoms with Crippen molar-refractivity contribution >= 4 is 17.1 Å². The molecule has 4 heterocycles. The second-order valence-corrected chi connectivity index (χ2v) is 5.77. The summed E-state index contributed by atoms with van der Waals surface area (Å²) in [6.07, 6.45) is 7.81. The second-order valence-electron chi connectivity index (χ2n) is 5.77. The molecule has 0 aromatic carbocycles. The highest BCUT2D eigenvalue weighted by Crippen LogP contribution is 2.25. The molecule has 3 aromatic heterocycles. The summed E-state index contributed by atoms with van der Waals surface area (Å²) in [5.41, 5.74) is 1.85. The van der Waals surface area contributed by atoms with Crippen LogP contribution in [0.3, 0.4) is 0 Å². The summed E-state index contributed by atoms with van der Waals surface area (Å²) in [6.45, 7) is 2.56. The summed E-state index contributed by atoms with van der Waals surface area (Å²) in [6, 6.07) is 3.91. The fourth-order valence-electron chi connectivity index (χ4n) is 3.01. The Kier molecular flexibility index (Phi) is 3.53. The minimum Gasteiger partial charge on any atom is -0.476 e. The Morgan fingerprint density at radius 3 is 3.04 bits per heavy atom. The molecule has 1 atom stereocenters. The molecule has 0 spiro atoms. The summed E-state index contributed by atoms with van der Waals surface area (Å²) in [4.78, 5) is 19.6. The number of fused-ring (bicyclic) bond motifs is 1. The first kappa shape index (κ1) is 13.9. The Morgan fingerprint density at radius 2 is 2.22 bits per heavy atom. The van der Waals surface area contributed by atoms with Crippen LogP contribution in [0.1, 0.15) is 6.42 Å². The molecule has 3 aromatic rings. The maximum absolute atomic E-state index is 5.72. The van der Waals surface area contributed by atoms with Gasteiger partial charge in [0.05, 0.1) is 12.8 Å². The van der Waals surface area contributed by atoms with E-state index in [0.29, 0.717) is 18.4 Å². The van der Waals surface area contributed by atoms with Gasteiger partial charge in [0, 0.05) is 44.6 Å². The van der Waals surface area contributed by atoms with E-state index >= 15 is 0 Å². The molecule has 1 unspecified atom stereocenters. The van der Waals surface area contributed by atoms with Crippen molar-refractivity contribution in [1.29, 1.82) is 0 Å². The number of anilines is 1. The van der Waals surface area contributed by atoms with Gasteiger partial charge in [0.1, 0.15) is 5.52 Å². The second kappa shape index (κ2) is 5.83. The van der Waals surface area contributed by atoms with Gasteiger partial charge in [-0.1, -0.05) is 0 Å². The average molecular weight is 310 g/mol. The Bertz CT molecular complexity index is 803. The summed E-state index contributed by atoms with van der Waals surface area (Å²) < 4.78 is 7.78. The lowest BCUT2D eigenvalue weighted by molar-refractivity contribution is 0.251. The minimum atomic E-state index is 0.463. The van der Waals surface area contributed by atoms with E-state index in [2.05, 4.69) is 24.4 Å². The number of nitrogens with zero attached hydrogens (tertiary/aromatic N) is 6. The first-order chi connectivity index (χ1) is 11.3. The van der Waals surface area contributed by atoms with Crippen molar-refractivity contribution < 1.29 is 4.74 Å². The van der Waals surface area contributed by atoms with E-state index < -0.39 is 0 Å². The lowest BCUT2D eigenvalue weighted by atomic mass is 10.1. The van der Waals surface area contributed by atoms with Crippen molar-refractivity contribution in [1.82, 2.24) is 24.5 Å². The monoisotopic (exact) mass is 310 g/mol. The van der Waals surface area contributed by atoms with Gasteiger partial charge in [-0.05, 0) is 18.6 Å². The van der Waals surface area contributed by atoms with E-state index in [9.17, 15) is 0 Å². The molecule has 118 valence electrons. The zero-order valence-corrected chi connectivity index (χ0v) is 13.0. The van der Waals surface area contributed by atoms with Crippen LogP contribution in [0.15, 0.2) is 36.9 Å². The zero-order chi connectivity index (χ0) is 15.6. The predicted molar refractivity (Wildman–Crippen MR) is 86.4 cm³/mol. The highest BCUT2D eigenvalue weighted by Gasteiger charge is 2.26. The Hall–Kier alpha value is -2.70. The molecule has 1 saturated heterocycles. The van der Waals surface area contributed by atoms with Crippen LogP contribution in [0.25, 0.3) is 11.2 Å². The summed E-state index contributed by atoms with van der Waals surface area (Å²) >= 11 is 0. The molecule has 1 aliphatic rings. The van der Waals surface area contributed by atoms with Crippen LogP contribution in [-0.2, 0) is 7.05 Å². The number of imidazole rings is 1. The number of aromatic nitrogens is 5. The van der Waals surface area contributed by atoms with Crippen molar-refractivity contribution in [3.05, 3.63) is 36.9 Å². The van der Waals surface area contributed by atoms with Gasteiger partial charge in [-0.15, -0.1) is 0 Å². The molecule has 0 aliphatic carbocycles. The van der Waals surface area contributed by atoms with E-state index in [4.69, 9.17) is 9.72 Å². The number of aryl methyl sites for hydroxylation is 1. The number of rotatable bonds is 4. The van der Waals surface area contributed by atoms with Crippen LogP contribution in [0.4, 0.5) is 5.95 Å². The third kappa shape index (κ3) is 2.69. The number of pyridine rings is 1. The van der Waals surface area contributed by atoms with Gasteiger partial charge in [-0.2, -0.15) is 0 Å². The third-order valence-electron chi connectivity index (χ3n) is 4.18. The van der Waals surface area contributed by atoms with E-state index in [1.165, 1.54) is 0 Å². The molecule has 23 heavy (non-hydrogen) atoms. The predicted octanol–water partition coefficient (Wildman–Crippen LogP) is 1.66. The molecular formula is C16H18N6O. The molecule has 7 heteroatoms. The summed E-state index contributed by atoms with van der Waals surface area (Å²) in [7, 11) is 2.01. The Balaban J connectivity index is 1.44. The van der Waals surface area contributed by atoms with Crippen LogP contribution < -0.4 is 9.64 Å². The standard InChI is InChI=1S/C16H18N6O/c1-21-15-13(3-2-5-19-15)20-16(21)22-8-4-12(10-22)11-23-14-9-17-6-7-18-14/h2-3,5-7,9,12H,4,8,10-11H2,1H3. The maximum atomic E-state index is 5.72. The van der Waals surface area contributed by atoms with Crippen LogP contribution >= 0.6 is 0 Å². The topological polar surface area (TPSA) is 69.0 Å². The van der Waals surface area contributed by atoms with Crippen molar-refractivity contribution in [3.8, 4) is 5.88 Å².